The minimum absolute atomic E-state index is 0.686. The van der Waals surface area contributed by atoms with Crippen molar-refractivity contribution in [2.75, 3.05) is 14.2 Å². The lowest BCUT2D eigenvalue weighted by molar-refractivity contribution is 0.415. The summed E-state index contributed by atoms with van der Waals surface area (Å²) in [6, 6.07) is 28.1. The second-order valence-corrected chi connectivity index (χ2v) is 8.35. The highest BCUT2D eigenvalue weighted by molar-refractivity contribution is 6.42. The fourth-order valence-corrected chi connectivity index (χ4v) is 4.94. The molecule has 32 heavy (non-hydrogen) atoms. The Morgan fingerprint density at radius 2 is 0.938 bits per heavy atom. The van der Waals surface area contributed by atoms with E-state index in [1.165, 1.54) is 0 Å². The highest BCUT2D eigenvalue weighted by Crippen LogP contribution is 2.48. The highest BCUT2D eigenvalue weighted by atomic mass is 35.5. The van der Waals surface area contributed by atoms with Crippen LogP contribution in [0.3, 0.4) is 0 Å². The van der Waals surface area contributed by atoms with E-state index in [2.05, 4.69) is 24.3 Å². The molecule has 0 fully saturated rings. The molecule has 5 aromatic rings. The van der Waals surface area contributed by atoms with E-state index >= 15 is 0 Å². The van der Waals surface area contributed by atoms with Crippen LogP contribution < -0.4 is 9.47 Å². The molecule has 0 aliphatic carbocycles. The normalized spacial score (nSPS) is 11.1. The monoisotopic (exact) mass is 458 g/mol. The maximum atomic E-state index is 6.85. The maximum Gasteiger partial charge on any atom is 0.119 e. The van der Waals surface area contributed by atoms with E-state index in [1.807, 2.05) is 60.7 Å². The molecule has 0 atom stereocenters. The lowest BCUT2D eigenvalue weighted by Crippen LogP contribution is -1.93. The molecule has 2 nitrogen and oxygen atoms in total. The van der Waals surface area contributed by atoms with Crippen LogP contribution in [0.1, 0.15) is 0 Å². The quantitative estimate of drug-likeness (QED) is 0.250. The van der Waals surface area contributed by atoms with Crippen molar-refractivity contribution in [3.8, 4) is 33.8 Å². The summed E-state index contributed by atoms with van der Waals surface area (Å²) >= 11 is 13.7. The average molecular weight is 459 g/mol. The summed E-state index contributed by atoms with van der Waals surface area (Å²) in [5, 5.41) is 5.40. The first-order valence-corrected chi connectivity index (χ1v) is 11.0. The van der Waals surface area contributed by atoms with Crippen molar-refractivity contribution < 1.29 is 9.47 Å². The topological polar surface area (TPSA) is 18.5 Å². The van der Waals surface area contributed by atoms with Gasteiger partial charge in [-0.05, 0) is 69.4 Å². The number of benzene rings is 5. The van der Waals surface area contributed by atoms with Gasteiger partial charge in [-0.2, -0.15) is 0 Å². The minimum atomic E-state index is 0.686. The molecule has 0 spiro atoms. The summed E-state index contributed by atoms with van der Waals surface area (Å²) in [4.78, 5) is 0. The fourth-order valence-electron chi connectivity index (χ4n) is 4.40. The van der Waals surface area contributed by atoms with E-state index in [0.717, 1.165) is 55.3 Å². The Hall–Kier alpha value is -3.20. The summed E-state index contributed by atoms with van der Waals surface area (Å²) in [6.45, 7) is 0. The van der Waals surface area contributed by atoms with E-state index in [4.69, 9.17) is 32.7 Å². The van der Waals surface area contributed by atoms with Crippen LogP contribution in [0.2, 0.25) is 10.0 Å². The van der Waals surface area contributed by atoms with Crippen LogP contribution in [0.25, 0.3) is 43.8 Å². The van der Waals surface area contributed by atoms with Gasteiger partial charge in [-0.1, -0.05) is 71.7 Å². The molecule has 4 heteroatoms. The highest BCUT2D eigenvalue weighted by Gasteiger charge is 2.20. The van der Waals surface area contributed by atoms with Crippen LogP contribution in [0.4, 0.5) is 0 Å². The zero-order valence-corrected chi connectivity index (χ0v) is 19.2. The number of fused-ring (bicyclic) bond motifs is 2. The van der Waals surface area contributed by atoms with Gasteiger partial charge in [0.05, 0.1) is 14.2 Å². The third kappa shape index (κ3) is 3.37. The van der Waals surface area contributed by atoms with Crippen molar-refractivity contribution in [1.82, 2.24) is 0 Å². The number of hydrogen-bond acceptors (Lipinski definition) is 2. The smallest absolute Gasteiger partial charge is 0.119 e. The Bertz CT molecular complexity index is 1360. The van der Waals surface area contributed by atoms with Crippen molar-refractivity contribution in [2.45, 2.75) is 0 Å². The number of hydrogen-bond donors (Lipinski definition) is 0. The SMILES string of the molecule is COc1cccc(-c2c3cccc(Cl)c3c(-c3cccc(OC)c3)c3cccc(Cl)c23)c1. The predicted molar refractivity (Wildman–Crippen MR) is 135 cm³/mol. The first-order chi connectivity index (χ1) is 15.6. The van der Waals surface area contributed by atoms with E-state index < -0.39 is 0 Å². The van der Waals surface area contributed by atoms with Crippen LogP contribution in [0.5, 0.6) is 11.5 Å². The Morgan fingerprint density at radius 3 is 1.34 bits per heavy atom. The van der Waals surface area contributed by atoms with Gasteiger partial charge in [-0.15, -0.1) is 0 Å². The molecule has 5 aromatic carbocycles. The van der Waals surface area contributed by atoms with Crippen molar-refractivity contribution >= 4 is 44.7 Å². The molecule has 0 unspecified atom stereocenters. The second-order valence-electron chi connectivity index (χ2n) is 7.54. The molecule has 0 radical (unpaired) electrons. The Labute approximate surface area is 196 Å². The predicted octanol–water partition coefficient (Wildman–Crippen LogP) is 8.65. The molecular formula is C28H20Cl2O2. The van der Waals surface area contributed by atoms with Crippen LogP contribution in [0, 0.1) is 0 Å². The lowest BCUT2D eigenvalue weighted by atomic mass is 9.86. The van der Waals surface area contributed by atoms with Crippen LogP contribution >= 0.6 is 23.2 Å². The van der Waals surface area contributed by atoms with Crippen molar-refractivity contribution in [2.24, 2.45) is 0 Å². The maximum absolute atomic E-state index is 6.85. The molecule has 0 saturated heterocycles. The molecule has 0 aliphatic heterocycles. The second kappa shape index (κ2) is 8.38. The molecule has 158 valence electrons. The number of ether oxygens (including phenoxy) is 2. The first kappa shape index (κ1) is 20.7. The van der Waals surface area contributed by atoms with Crippen molar-refractivity contribution in [1.29, 1.82) is 0 Å². The van der Waals surface area contributed by atoms with E-state index in [9.17, 15) is 0 Å². The van der Waals surface area contributed by atoms with E-state index in [1.54, 1.807) is 14.2 Å². The molecule has 0 aromatic heterocycles. The summed E-state index contributed by atoms with van der Waals surface area (Å²) in [6.07, 6.45) is 0. The number of halogens is 2. The molecular weight excluding hydrogens is 439 g/mol. The van der Waals surface area contributed by atoms with Gasteiger partial charge in [0.1, 0.15) is 11.5 Å². The summed E-state index contributed by atoms with van der Waals surface area (Å²) in [7, 11) is 3.34. The molecule has 0 aliphatic rings. The molecule has 5 rings (SSSR count). The van der Waals surface area contributed by atoms with E-state index in [0.29, 0.717) is 10.0 Å². The number of methoxy groups -OCH3 is 2. The van der Waals surface area contributed by atoms with Gasteiger partial charge in [0.15, 0.2) is 0 Å². The summed E-state index contributed by atoms with van der Waals surface area (Å²) < 4.78 is 11.0. The van der Waals surface area contributed by atoms with Crippen LogP contribution in [-0.2, 0) is 0 Å². The van der Waals surface area contributed by atoms with Gasteiger partial charge in [0, 0.05) is 20.8 Å². The molecule has 0 saturated carbocycles. The van der Waals surface area contributed by atoms with Gasteiger partial charge in [-0.3, -0.25) is 0 Å². The van der Waals surface area contributed by atoms with Gasteiger partial charge in [0.2, 0.25) is 0 Å². The summed E-state index contributed by atoms with van der Waals surface area (Å²) in [5.74, 6) is 1.57. The van der Waals surface area contributed by atoms with E-state index in [-0.39, 0.29) is 0 Å². The number of rotatable bonds is 4. The lowest BCUT2D eigenvalue weighted by Gasteiger charge is -2.20. The Balaban J connectivity index is 2.02. The average Bonchev–Trinajstić information content (AvgIpc) is 2.83. The van der Waals surface area contributed by atoms with Crippen LogP contribution in [0.15, 0.2) is 84.9 Å². The van der Waals surface area contributed by atoms with Gasteiger partial charge in [-0.25, -0.2) is 0 Å². The molecule has 0 N–H and O–H groups in total. The van der Waals surface area contributed by atoms with Crippen molar-refractivity contribution in [3.63, 3.8) is 0 Å². The largest absolute Gasteiger partial charge is 0.497 e. The molecule has 0 bridgehead atoms. The summed E-state index contributed by atoms with van der Waals surface area (Å²) in [5.41, 5.74) is 4.11. The molecule has 0 amide bonds. The fraction of sp³-hybridized carbons (Fsp3) is 0.0714. The first-order valence-electron chi connectivity index (χ1n) is 10.2. The zero-order chi connectivity index (χ0) is 22.2. The third-order valence-corrected chi connectivity index (χ3v) is 6.41. The molecule has 0 heterocycles. The zero-order valence-electron chi connectivity index (χ0n) is 17.7. The van der Waals surface area contributed by atoms with Crippen molar-refractivity contribution in [3.05, 3.63) is 95.0 Å². The van der Waals surface area contributed by atoms with Gasteiger partial charge < -0.3 is 9.47 Å². The Kier molecular flexibility index (Phi) is 5.42. The Morgan fingerprint density at radius 1 is 0.531 bits per heavy atom. The van der Waals surface area contributed by atoms with Crippen LogP contribution in [-0.4, -0.2) is 14.2 Å². The standard InChI is InChI=1S/C28H20Cl2O2/c1-31-19-9-3-7-17(15-19)25-21-11-5-14-24(30)28(21)26(18-8-4-10-20(16-18)32-2)22-12-6-13-23(29)27(22)25/h3-16H,1-2H3. The third-order valence-electron chi connectivity index (χ3n) is 5.78. The van der Waals surface area contributed by atoms with Gasteiger partial charge in [0.25, 0.3) is 0 Å². The van der Waals surface area contributed by atoms with Gasteiger partial charge >= 0.3 is 0 Å². The minimum Gasteiger partial charge on any atom is -0.497 e.